The zero-order chi connectivity index (χ0) is 13.1. The number of nitrogens with zero attached hydrogens (tertiary/aromatic N) is 3. The van der Waals surface area contributed by atoms with Gasteiger partial charge in [0.1, 0.15) is 5.03 Å². The third-order valence-corrected chi connectivity index (χ3v) is 3.20. The van der Waals surface area contributed by atoms with Gasteiger partial charge in [0.25, 0.3) is 0 Å². The van der Waals surface area contributed by atoms with Crippen molar-refractivity contribution in [2.24, 2.45) is 0 Å². The monoisotopic (exact) mass is 264 g/mol. The largest absolute Gasteiger partial charge is 0.344 e. The van der Waals surface area contributed by atoms with Gasteiger partial charge in [-0.2, -0.15) is 0 Å². The van der Waals surface area contributed by atoms with E-state index in [1.807, 2.05) is 13.8 Å². The summed E-state index contributed by atoms with van der Waals surface area (Å²) in [7, 11) is 0. The maximum Gasteiger partial charge on any atom is 0.344 e. The van der Waals surface area contributed by atoms with Crippen LogP contribution >= 0.6 is 11.8 Å². The number of hydrogen-bond acceptors (Lipinski definition) is 5. The summed E-state index contributed by atoms with van der Waals surface area (Å²) >= 11 is 1.28. The first-order valence-corrected chi connectivity index (χ1v) is 6.19. The SMILES string of the molecule is CC(C)n1c(Sc2ccc(C=O)cn2)n[nH]c1=O. The smallest absolute Gasteiger partial charge is 0.298 e. The summed E-state index contributed by atoms with van der Waals surface area (Å²) in [6.45, 7) is 3.81. The molecule has 0 aliphatic carbocycles. The van der Waals surface area contributed by atoms with Gasteiger partial charge >= 0.3 is 5.69 Å². The second-order valence-electron chi connectivity index (χ2n) is 3.92. The van der Waals surface area contributed by atoms with E-state index in [0.717, 1.165) is 6.29 Å². The lowest BCUT2D eigenvalue weighted by atomic mass is 10.3. The highest BCUT2D eigenvalue weighted by molar-refractivity contribution is 7.99. The van der Waals surface area contributed by atoms with Crippen LogP contribution < -0.4 is 5.69 Å². The van der Waals surface area contributed by atoms with Gasteiger partial charge < -0.3 is 0 Å². The fourth-order valence-corrected chi connectivity index (χ4v) is 2.34. The van der Waals surface area contributed by atoms with Gasteiger partial charge in [0.15, 0.2) is 11.4 Å². The summed E-state index contributed by atoms with van der Waals surface area (Å²) in [4.78, 5) is 26.2. The van der Waals surface area contributed by atoms with E-state index in [0.29, 0.717) is 15.7 Å². The third kappa shape index (κ3) is 2.51. The highest BCUT2D eigenvalue weighted by Crippen LogP contribution is 2.24. The van der Waals surface area contributed by atoms with Crippen LogP contribution in [0.2, 0.25) is 0 Å². The second kappa shape index (κ2) is 5.18. The van der Waals surface area contributed by atoms with Crippen molar-refractivity contribution >= 4 is 18.0 Å². The summed E-state index contributed by atoms with van der Waals surface area (Å²) < 4.78 is 1.56. The normalized spacial score (nSPS) is 10.8. The predicted molar refractivity (Wildman–Crippen MR) is 67.0 cm³/mol. The lowest BCUT2D eigenvalue weighted by molar-refractivity contribution is 0.112. The summed E-state index contributed by atoms with van der Waals surface area (Å²) in [6, 6.07) is 3.42. The minimum atomic E-state index is -0.239. The number of carbonyl (C=O) groups excluding carboxylic acids is 1. The van der Waals surface area contributed by atoms with Gasteiger partial charge in [-0.25, -0.2) is 14.9 Å². The van der Waals surface area contributed by atoms with Gasteiger partial charge in [0.05, 0.1) is 0 Å². The molecule has 0 saturated heterocycles. The first-order chi connectivity index (χ1) is 8.61. The molecule has 0 fully saturated rings. The van der Waals surface area contributed by atoms with Gasteiger partial charge in [0.2, 0.25) is 0 Å². The number of aromatic nitrogens is 4. The molecule has 0 bridgehead atoms. The molecular formula is C11H12N4O2S. The van der Waals surface area contributed by atoms with Gasteiger partial charge in [-0.3, -0.25) is 9.36 Å². The molecule has 18 heavy (non-hydrogen) atoms. The maximum absolute atomic E-state index is 11.5. The number of hydrogen-bond donors (Lipinski definition) is 1. The molecule has 2 heterocycles. The van der Waals surface area contributed by atoms with Crippen molar-refractivity contribution in [3.8, 4) is 0 Å². The van der Waals surface area contributed by atoms with Gasteiger partial charge in [-0.1, -0.05) is 0 Å². The summed E-state index contributed by atoms with van der Waals surface area (Å²) in [6.07, 6.45) is 2.22. The Hall–Kier alpha value is -1.89. The van der Waals surface area contributed by atoms with Crippen molar-refractivity contribution in [3.05, 3.63) is 34.4 Å². The molecule has 6 nitrogen and oxygen atoms in total. The van der Waals surface area contributed by atoms with Crippen molar-refractivity contribution in [2.75, 3.05) is 0 Å². The molecular weight excluding hydrogens is 252 g/mol. The number of pyridine rings is 1. The number of rotatable bonds is 4. The van der Waals surface area contributed by atoms with E-state index < -0.39 is 0 Å². The van der Waals surface area contributed by atoms with E-state index >= 15 is 0 Å². The molecule has 0 radical (unpaired) electrons. The molecule has 0 saturated carbocycles. The average Bonchev–Trinajstić information content (AvgIpc) is 2.71. The van der Waals surface area contributed by atoms with Crippen molar-refractivity contribution < 1.29 is 4.79 Å². The first kappa shape index (κ1) is 12.6. The van der Waals surface area contributed by atoms with E-state index in [2.05, 4.69) is 15.2 Å². The van der Waals surface area contributed by atoms with E-state index in [1.165, 1.54) is 18.0 Å². The van der Waals surface area contributed by atoms with Crippen LogP contribution in [0.15, 0.2) is 33.3 Å². The maximum atomic E-state index is 11.5. The zero-order valence-electron chi connectivity index (χ0n) is 9.95. The second-order valence-corrected chi connectivity index (χ2v) is 4.91. The van der Waals surface area contributed by atoms with Crippen molar-refractivity contribution in [2.45, 2.75) is 30.1 Å². The van der Waals surface area contributed by atoms with Crippen LogP contribution in [0, 0.1) is 0 Å². The Morgan fingerprint density at radius 2 is 2.22 bits per heavy atom. The highest BCUT2D eigenvalue weighted by Gasteiger charge is 2.13. The number of carbonyl (C=O) groups is 1. The molecule has 0 aliphatic rings. The molecule has 0 amide bonds. The Morgan fingerprint density at radius 1 is 1.44 bits per heavy atom. The van der Waals surface area contributed by atoms with Crippen molar-refractivity contribution in [1.29, 1.82) is 0 Å². The number of aldehydes is 1. The van der Waals surface area contributed by atoms with Crippen LogP contribution in [0.4, 0.5) is 0 Å². The zero-order valence-corrected chi connectivity index (χ0v) is 10.8. The van der Waals surface area contributed by atoms with Crippen molar-refractivity contribution in [3.63, 3.8) is 0 Å². The van der Waals surface area contributed by atoms with Crippen molar-refractivity contribution in [1.82, 2.24) is 19.7 Å². The Kier molecular flexibility index (Phi) is 3.61. The fourth-order valence-electron chi connectivity index (χ4n) is 1.43. The molecule has 7 heteroatoms. The lowest BCUT2D eigenvalue weighted by Crippen LogP contribution is -2.19. The van der Waals surface area contributed by atoms with Gasteiger partial charge in [0, 0.05) is 17.8 Å². The quantitative estimate of drug-likeness (QED) is 0.847. The summed E-state index contributed by atoms with van der Waals surface area (Å²) in [5.74, 6) is 0. The number of aromatic amines is 1. The fraction of sp³-hybridized carbons (Fsp3) is 0.273. The first-order valence-electron chi connectivity index (χ1n) is 5.38. The molecule has 94 valence electrons. The molecule has 2 aromatic heterocycles. The topological polar surface area (TPSA) is 80.6 Å². The molecule has 0 unspecified atom stereocenters. The van der Waals surface area contributed by atoms with Crippen LogP contribution in [0.3, 0.4) is 0 Å². The molecule has 1 N–H and O–H groups in total. The number of H-pyrrole nitrogens is 1. The minimum Gasteiger partial charge on any atom is -0.298 e. The summed E-state index contributed by atoms with van der Waals surface area (Å²) in [5, 5.41) is 7.61. The Morgan fingerprint density at radius 3 is 2.78 bits per heavy atom. The van der Waals surface area contributed by atoms with Crippen LogP contribution in [0.5, 0.6) is 0 Å². The lowest BCUT2D eigenvalue weighted by Gasteiger charge is -2.07. The number of nitrogens with one attached hydrogen (secondary N) is 1. The van der Waals surface area contributed by atoms with Crippen LogP contribution in [0.25, 0.3) is 0 Å². The van der Waals surface area contributed by atoms with E-state index in [1.54, 1.807) is 16.7 Å². The standard InChI is InChI=1S/C11H12N4O2S/c1-7(2)15-10(17)13-14-11(15)18-9-4-3-8(6-16)5-12-9/h3-7H,1-2H3,(H,13,17). The Balaban J connectivity index is 2.28. The van der Waals surface area contributed by atoms with E-state index in [9.17, 15) is 9.59 Å². The average molecular weight is 264 g/mol. The van der Waals surface area contributed by atoms with Crippen LogP contribution in [-0.2, 0) is 0 Å². The van der Waals surface area contributed by atoms with Crippen LogP contribution in [0.1, 0.15) is 30.2 Å². The highest BCUT2D eigenvalue weighted by atomic mass is 32.2. The van der Waals surface area contributed by atoms with E-state index in [-0.39, 0.29) is 11.7 Å². The molecule has 0 aromatic carbocycles. The molecule has 0 aliphatic heterocycles. The molecule has 2 rings (SSSR count). The van der Waals surface area contributed by atoms with E-state index in [4.69, 9.17) is 0 Å². The van der Waals surface area contributed by atoms with Gasteiger partial charge in [-0.15, -0.1) is 5.10 Å². The predicted octanol–water partition coefficient (Wildman–Crippen LogP) is 1.51. The Labute approximate surface area is 107 Å². The molecule has 2 aromatic rings. The molecule has 0 spiro atoms. The Bertz CT molecular complexity index is 600. The van der Waals surface area contributed by atoms with Gasteiger partial charge in [-0.05, 0) is 37.7 Å². The minimum absolute atomic E-state index is 0.0213. The van der Waals surface area contributed by atoms with Crippen LogP contribution in [-0.4, -0.2) is 26.0 Å². The summed E-state index contributed by atoms with van der Waals surface area (Å²) in [5.41, 5.74) is 0.277. The third-order valence-electron chi connectivity index (χ3n) is 2.28. The molecule has 0 atom stereocenters.